The average molecular weight is 334 g/mol. The van der Waals surface area contributed by atoms with E-state index in [0.29, 0.717) is 34.6 Å². The van der Waals surface area contributed by atoms with Gasteiger partial charge in [-0.15, -0.1) is 0 Å². The molecule has 0 bridgehead atoms. The number of hydrogen-bond donors (Lipinski definition) is 2. The molecule has 1 aromatic rings. The van der Waals surface area contributed by atoms with E-state index in [-0.39, 0.29) is 18.5 Å². The number of ether oxygens (including phenoxy) is 1. The van der Waals surface area contributed by atoms with Crippen LogP contribution in [0.5, 0.6) is 0 Å². The minimum Gasteiger partial charge on any atom is -0.399 e. The van der Waals surface area contributed by atoms with Crippen LogP contribution in [0.4, 0.5) is 11.4 Å². The number of nitrogen functional groups attached to an aromatic ring is 1. The van der Waals surface area contributed by atoms with Gasteiger partial charge in [-0.2, -0.15) is 0 Å². The molecule has 0 heterocycles. The number of amides is 1. The first-order valence-corrected chi connectivity index (χ1v) is 7.38. The lowest BCUT2D eigenvalue weighted by atomic mass is 10.2. The van der Waals surface area contributed by atoms with Crippen molar-refractivity contribution < 1.29 is 9.53 Å². The van der Waals surface area contributed by atoms with Crippen LogP contribution in [0, 0.1) is 0 Å². The molecule has 1 rings (SSSR count). The van der Waals surface area contributed by atoms with Crippen molar-refractivity contribution in [3.63, 3.8) is 0 Å². The summed E-state index contributed by atoms with van der Waals surface area (Å²) in [6.07, 6.45) is 0. The molecule has 7 heteroatoms. The highest BCUT2D eigenvalue weighted by Gasteiger charge is 2.16. The molecular weight excluding hydrogens is 313 g/mol. The quantitative estimate of drug-likeness (QED) is 0.753. The molecule has 5 nitrogen and oxygen atoms in total. The number of halogens is 2. The molecule has 0 spiro atoms. The van der Waals surface area contributed by atoms with Gasteiger partial charge in [0.1, 0.15) is 0 Å². The molecule has 21 heavy (non-hydrogen) atoms. The van der Waals surface area contributed by atoms with Crippen LogP contribution in [0.25, 0.3) is 0 Å². The number of anilines is 2. The van der Waals surface area contributed by atoms with E-state index in [1.165, 1.54) is 0 Å². The maximum absolute atomic E-state index is 12.1. The first-order chi connectivity index (χ1) is 9.85. The Bertz CT molecular complexity index is 472. The van der Waals surface area contributed by atoms with Crippen molar-refractivity contribution in [2.75, 3.05) is 37.9 Å². The molecule has 0 saturated heterocycles. The Kier molecular flexibility index (Phi) is 7.25. The Morgan fingerprint density at radius 3 is 2.43 bits per heavy atom. The van der Waals surface area contributed by atoms with Crippen molar-refractivity contribution in [3.8, 4) is 0 Å². The number of benzene rings is 1. The number of nitrogens with one attached hydrogen (secondary N) is 1. The Hall–Kier alpha value is -1.01. The summed E-state index contributed by atoms with van der Waals surface area (Å²) in [5, 5.41) is 3.37. The largest absolute Gasteiger partial charge is 0.399 e. The van der Waals surface area contributed by atoms with E-state index in [4.69, 9.17) is 33.7 Å². The number of nitrogens with two attached hydrogens (primary N) is 1. The van der Waals surface area contributed by atoms with Crippen LogP contribution in [0.2, 0.25) is 10.0 Å². The number of hydrogen-bond acceptors (Lipinski definition) is 4. The van der Waals surface area contributed by atoms with E-state index in [1.807, 2.05) is 18.7 Å². The summed E-state index contributed by atoms with van der Waals surface area (Å²) in [4.78, 5) is 14.1. The number of rotatable bonds is 7. The Balaban J connectivity index is 2.72. The Morgan fingerprint density at radius 2 is 1.95 bits per heavy atom. The molecule has 0 aromatic heterocycles. The van der Waals surface area contributed by atoms with Gasteiger partial charge >= 0.3 is 0 Å². The highest BCUT2D eigenvalue weighted by atomic mass is 35.5. The summed E-state index contributed by atoms with van der Waals surface area (Å²) in [5.74, 6) is -0.187. The maximum atomic E-state index is 12.1. The molecule has 3 N–H and O–H groups in total. The zero-order valence-electron chi connectivity index (χ0n) is 12.5. The van der Waals surface area contributed by atoms with Crippen molar-refractivity contribution in [3.05, 3.63) is 22.2 Å². The van der Waals surface area contributed by atoms with E-state index in [9.17, 15) is 4.79 Å². The van der Waals surface area contributed by atoms with Crippen molar-refractivity contribution >= 4 is 40.5 Å². The molecule has 0 aliphatic carbocycles. The van der Waals surface area contributed by atoms with Gasteiger partial charge in [0, 0.05) is 25.4 Å². The zero-order chi connectivity index (χ0) is 16.0. The minimum absolute atomic E-state index is 0.187. The summed E-state index contributed by atoms with van der Waals surface area (Å²) in [7, 11) is 1.63. The topological polar surface area (TPSA) is 67.6 Å². The fraction of sp³-hybridized carbons (Fsp3) is 0.500. The molecule has 1 aromatic carbocycles. The summed E-state index contributed by atoms with van der Waals surface area (Å²) in [6, 6.07) is 3.32. The van der Waals surface area contributed by atoms with Crippen LogP contribution in [0.15, 0.2) is 12.1 Å². The normalized spacial score (nSPS) is 11.2. The van der Waals surface area contributed by atoms with Crippen LogP contribution in [-0.2, 0) is 9.53 Å². The Morgan fingerprint density at radius 1 is 1.38 bits per heavy atom. The van der Waals surface area contributed by atoms with E-state index in [1.54, 1.807) is 19.2 Å². The van der Waals surface area contributed by atoms with Crippen LogP contribution >= 0.6 is 23.2 Å². The van der Waals surface area contributed by atoms with Gasteiger partial charge in [-0.05, 0) is 26.0 Å². The minimum atomic E-state index is -0.187. The van der Waals surface area contributed by atoms with Gasteiger partial charge in [-0.1, -0.05) is 23.2 Å². The third kappa shape index (κ3) is 5.71. The van der Waals surface area contributed by atoms with Crippen molar-refractivity contribution in [2.45, 2.75) is 19.9 Å². The van der Waals surface area contributed by atoms with Crippen LogP contribution < -0.4 is 11.1 Å². The first-order valence-electron chi connectivity index (χ1n) is 6.62. The average Bonchev–Trinajstić information content (AvgIpc) is 2.38. The van der Waals surface area contributed by atoms with Crippen LogP contribution in [-0.4, -0.2) is 43.7 Å². The molecule has 0 atom stereocenters. The summed E-state index contributed by atoms with van der Waals surface area (Å²) in [6.45, 7) is 5.51. The molecule has 0 fully saturated rings. The molecule has 1 amide bonds. The second-order valence-corrected chi connectivity index (χ2v) is 5.78. The molecule has 0 aliphatic heterocycles. The predicted molar refractivity (Wildman–Crippen MR) is 88.1 cm³/mol. The second-order valence-electron chi connectivity index (χ2n) is 4.96. The van der Waals surface area contributed by atoms with Gasteiger partial charge in [-0.3, -0.25) is 9.69 Å². The third-order valence-electron chi connectivity index (χ3n) is 2.99. The standard InChI is InChI=1S/C14H21Cl2N3O2/c1-9(2)19(4-5-21-3)8-13(20)18-14-11(15)6-10(17)7-12(14)16/h6-7,9H,4-5,8,17H2,1-3H3,(H,18,20). The number of carbonyl (C=O) groups excluding carboxylic acids is 1. The van der Waals surface area contributed by atoms with Gasteiger partial charge in [0.2, 0.25) is 5.91 Å². The molecule has 0 radical (unpaired) electrons. The van der Waals surface area contributed by atoms with Crippen LogP contribution in [0.1, 0.15) is 13.8 Å². The number of carbonyl (C=O) groups is 1. The highest BCUT2D eigenvalue weighted by Crippen LogP contribution is 2.32. The van der Waals surface area contributed by atoms with E-state index in [2.05, 4.69) is 5.32 Å². The lowest BCUT2D eigenvalue weighted by Crippen LogP contribution is -2.40. The molecular formula is C14H21Cl2N3O2. The smallest absolute Gasteiger partial charge is 0.238 e. The zero-order valence-corrected chi connectivity index (χ0v) is 14.0. The van der Waals surface area contributed by atoms with E-state index >= 15 is 0 Å². The lowest BCUT2D eigenvalue weighted by molar-refractivity contribution is -0.117. The highest BCUT2D eigenvalue weighted by molar-refractivity contribution is 6.40. The predicted octanol–water partition coefficient (Wildman–Crippen LogP) is 2.87. The van der Waals surface area contributed by atoms with E-state index < -0.39 is 0 Å². The fourth-order valence-electron chi connectivity index (χ4n) is 1.80. The summed E-state index contributed by atoms with van der Waals surface area (Å²) in [5.41, 5.74) is 6.46. The fourth-order valence-corrected chi connectivity index (χ4v) is 2.40. The Labute approximate surface area is 135 Å². The van der Waals surface area contributed by atoms with Gasteiger partial charge < -0.3 is 15.8 Å². The van der Waals surface area contributed by atoms with Gasteiger partial charge in [0.15, 0.2) is 0 Å². The maximum Gasteiger partial charge on any atom is 0.238 e. The molecule has 0 unspecified atom stereocenters. The van der Waals surface area contributed by atoms with Crippen molar-refractivity contribution in [2.24, 2.45) is 0 Å². The lowest BCUT2D eigenvalue weighted by Gasteiger charge is -2.25. The monoisotopic (exact) mass is 333 g/mol. The number of nitrogens with zero attached hydrogens (tertiary/aromatic N) is 1. The summed E-state index contributed by atoms with van der Waals surface area (Å²) >= 11 is 12.1. The van der Waals surface area contributed by atoms with Crippen LogP contribution in [0.3, 0.4) is 0 Å². The van der Waals surface area contributed by atoms with Gasteiger partial charge in [-0.25, -0.2) is 0 Å². The third-order valence-corrected chi connectivity index (χ3v) is 3.58. The SMILES string of the molecule is COCCN(CC(=O)Nc1c(Cl)cc(N)cc1Cl)C(C)C. The first kappa shape index (κ1) is 18.0. The second kappa shape index (κ2) is 8.44. The molecule has 0 saturated carbocycles. The molecule has 118 valence electrons. The van der Waals surface area contributed by atoms with Crippen molar-refractivity contribution in [1.29, 1.82) is 0 Å². The van der Waals surface area contributed by atoms with Gasteiger partial charge in [0.05, 0.1) is 28.9 Å². The molecule has 0 aliphatic rings. The van der Waals surface area contributed by atoms with E-state index in [0.717, 1.165) is 0 Å². The number of methoxy groups -OCH3 is 1. The summed E-state index contributed by atoms with van der Waals surface area (Å²) < 4.78 is 5.04. The van der Waals surface area contributed by atoms with Crippen molar-refractivity contribution in [1.82, 2.24) is 4.90 Å². The van der Waals surface area contributed by atoms with Gasteiger partial charge in [0.25, 0.3) is 0 Å².